The molecule has 1 saturated heterocycles. The van der Waals surface area contributed by atoms with Crippen LogP contribution in [0.25, 0.3) is 0 Å². The van der Waals surface area contributed by atoms with Gasteiger partial charge in [-0.3, -0.25) is 4.79 Å². The van der Waals surface area contributed by atoms with Crippen LogP contribution < -0.4 is 0 Å². The summed E-state index contributed by atoms with van der Waals surface area (Å²) in [6.45, 7) is 1.98. The SMILES string of the molecule is COCCN1CC(OC)CC1=O. The topological polar surface area (TPSA) is 38.8 Å². The molecule has 0 aliphatic carbocycles. The van der Waals surface area contributed by atoms with Crippen molar-refractivity contribution in [1.82, 2.24) is 4.90 Å². The number of ether oxygens (including phenoxy) is 2. The molecule has 0 bridgehead atoms. The number of hydrogen-bond donors (Lipinski definition) is 0. The molecule has 1 atom stereocenters. The van der Waals surface area contributed by atoms with Gasteiger partial charge in [0.1, 0.15) is 0 Å². The van der Waals surface area contributed by atoms with Gasteiger partial charge in [0.2, 0.25) is 5.91 Å². The van der Waals surface area contributed by atoms with Gasteiger partial charge in [0.05, 0.1) is 19.1 Å². The Morgan fingerprint density at radius 1 is 1.58 bits per heavy atom. The van der Waals surface area contributed by atoms with E-state index < -0.39 is 0 Å². The van der Waals surface area contributed by atoms with Crippen LogP contribution in [0.5, 0.6) is 0 Å². The van der Waals surface area contributed by atoms with Crippen LogP contribution >= 0.6 is 0 Å². The van der Waals surface area contributed by atoms with Gasteiger partial charge in [-0.15, -0.1) is 0 Å². The molecule has 0 aromatic heterocycles. The van der Waals surface area contributed by atoms with E-state index in [1.165, 1.54) is 0 Å². The maximum Gasteiger partial charge on any atom is 0.225 e. The van der Waals surface area contributed by atoms with Gasteiger partial charge in [-0.05, 0) is 0 Å². The first-order valence-corrected chi connectivity index (χ1v) is 4.07. The van der Waals surface area contributed by atoms with Crippen LogP contribution in [0.4, 0.5) is 0 Å². The lowest BCUT2D eigenvalue weighted by Gasteiger charge is -2.14. The summed E-state index contributed by atoms with van der Waals surface area (Å²) in [5.74, 6) is 0.166. The number of carbonyl (C=O) groups excluding carboxylic acids is 1. The van der Waals surface area contributed by atoms with Gasteiger partial charge in [-0.25, -0.2) is 0 Å². The lowest BCUT2D eigenvalue weighted by Crippen LogP contribution is -2.29. The Bertz CT molecular complexity index is 160. The molecule has 70 valence electrons. The van der Waals surface area contributed by atoms with Gasteiger partial charge in [0, 0.05) is 27.3 Å². The molecule has 1 fully saturated rings. The largest absolute Gasteiger partial charge is 0.383 e. The summed E-state index contributed by atoms with van der Waals surface area (Å²) < 4.78 is 9.97. The number of methoxy groups -OCH3 is 2. The molecule has 0 spiro atoms. The maximum absolute atomic E-state index is 11.2. The zero-order valence-corrected chi connectivity index (χ0v) is 7.58. The van der Waals surface area contributed by atoms with E-state index in [-0.39, 0.29) is 12.0 Å². The van der Waals surface area contributed by atoms with E-state index in [9.17, 15) is 4.79 Å². The molecular weight excluding hydrogens is 158 g/mol. The molecule has 1 rings (SSSR count). The van der Waals surface area contributed by atoms with Crippen LogP contribution in [0.3, 0.4) is 0 Å². The minimum atomic E-state index is 0.0781. The van der Waals surface area contributed by atoms with Crippen molar-refractivity contribution in [1.29, 1.82) is 0 Å². The minimum absolute atomic E-state index is 0.0781. The third kappa shape index (κ3) is 2.19. The van der Waals surface area contributed by atoms with Gasteiger partial charge in [-0.1, -0.05) is 0 Å². The van der Waals surface area contributed by atoms with Crippen LogP contribution in [0.2, 0.25) is 0 Å². The highest BCUT2D eigenvalue weighted by atomic mass is 16.5. The van der Waals surface area contributed by atoms with Crippen LogP contribution in [0, 0.1) is 0 Å². The Kier molecular flexibility index (Phi) is 3.49. The van der Waals surface area contributed by atoms with Gasteiger partial charge in [0.25, 0.3) is 0 Å². The molecule has 1 aliphatic heterocycles. The number of carbonyl (C=O) groups is 1. The fourth-order valence-electron chi connectivity index (χ4n) is 1.31. The highest BCUT2D eigenvalue weighted by molar-refractivity contribution is 5.79. The Labute approximate surface area is 72.4 Å². The second kappa shape index (κ2) is 4.42. The molecular formula is C8H15NO3. The molecule has 0 N–H and O–H groups in total. The standard InChI is InChI=1S/C8H15NO3/c1-11-4-3-9-6-7(12-2)5-8(9)10/h7H,3-6H2,1-2H3. The first kappa shape index (κ1) is 9.48. The zero-order chi connectivity index (χ0) is 8.97. The van der Waals surface area contributed by atoms with E-state index in [4.69, 9.17) is 9.47 Å². The van der Waals surface area contributed by atoms with Crippen molar-refractivity contribution >= 4 is 5.91 Å². The van der Waals surface area contributed by atoms with Crippen molar-refractivity contribution in [3.63, 3.8) is 0 Å². The molecule has 0 radical (unpaired) electrons. The predicted molar refractivity (Wildman–Crippen MR) is 43.9 cm³/mol. The summed E-state index contributed by atoms with van der Waals surface area (Å²) >= 11 is 0. The Morgan fingerprint density at radius 2 is 2.33 bits per heavy atom. The number of amides is 1. The molecule has 12 heavy (non-hydrogen) atoms. The highest BCUT2D eigenvalue weighted by Gasteiger charge is 2.28. The average molecular weight is 173 g/mol. The lowest BCUT2D eigenvalue weighted by molar-refractivity contribution is -0.128. The van der Waals surface area contributed by atoms with Gasteiger partial charge in [0.15, 0.2) is 0 Å². The van der Waals surface area contributed by atoms with Crippen LogP contribution in [0.1, 0.15) is 6.42 Å². The molecule has 0 aromatic carbocycles. The van der Waals surface area contributed by atoms with Crippen LogP contribution in [0.15, 0.2) is 0 Å². The molecule has 0 saturated carbocycles. The van der Waals surface area contributed by atoms with Crippen LogP contribution in [-0.4, -0.2) is 50.8 Å². The highest BCUT2D eigenvalue weighted by Crippen LogP contribution is 2.12. The quantitative estimate of drug-likeness (QED) is 0.595. The summed E-state index contributed by atoms with van der Waals surface area (Å²) in [6, 6.07) is 0. The summed E-state index contributed by atoms with van der Waals surface area (Å²) in [5, 5.41) is 0. The van der Waals surface area contributed by atoms with Crippen molar-refractivity contribution in [3.8, 4) is 0 Å². The molecule has 4 heteroatoms. The third-order valence-electron chi connectivity index (χ3n) is 2.08. The molecule has 0 aromatic rings. The van der Waals surface area contributed by atoms with Crippen molar-refractivity contribution in [2.45, 2.75) is 12.5 Å². The fourth-order valence-corrected chi connectivity index (χ4v) is 1.31. The smallest absolute Gasteiger partial charge is 0.225 e. The number of likely N-dealkylation sites (tertiary alicyclic amines) is 1. The van der Waals surface area contributed by atoms with E-state index in [0.29, 0.717) is 26.1 Å². The lowest BCUT2D eigenvalue weighted by atomic mass is 10.3. The molecule has 1 unspecified atom stereocenters. The second-order valence-electron chi connectivity index (χ2n) is 2.89. The van der Waals surface area contributed by atoms with Crippen molar-refractivity contribution in [2.24, 2.45) is 0 Å². The second-order valence-corrected chi connectivity index (χ2v) is 2.89. The maximum atomic E-state index is 11.2. The predicted octanol–water partition coefficient (Wildman–Crippen LogP) is -0.120. The van der Waals surface area contributed by atoms with Crippen LogP contribution in [-0.2, 0) is 14.3 Å². The molecule has 1 heterocycles. The van der Waals surface area contributed by atoms with Crippen molar-refractivity contribution in [3.05, 3.63) is 0 Å². The number of hydrogen-bond acceptors (Lipinski definition) is 3. The number of rotatable bonds is 4. The first-order chi connectivity index (χ1) is 5.77. The van der Waals surface area contributed by atoms with E-state index in [2.05, 4.69) is 0 Å². The fraction of sp³-hybridized carbons (Fsp3) is 0.875. The summed E-state index contributed by atoms with van der Waals surface area (Å²) in [7, 11) is 3.27. The Morgan fingerprint density at radius 3 is 2.83 bits per heavy atom. The van der Waals surface area contributed by atoms with E-state index >= 15 is 0 Å². The van der Waals surface area contributed by atoms with Gasteiger partial charge >= 0.3 is 0 Å². The van der Waals surface area contributed by atoms with Gasteiger partial charge in [-0.2, -0.15) is 0 Å². The van der Waals surface area contributed by atoms with E-state index in [1.54, 1.807) is 19.1 Å². The number of nitrogens with zero attached hydrogens (tertiary/aromatic N) is 1. The third-order valence-corrected chi connectivity index (χ3v) is 2.08. The Hall–Kier alpha value is -0.610. The Balaban J connectivity index is 2.31. The molecule has 4 nitrogen and oxygen atoms in total. The first-order valence-electron chi connectivity index (χ1n) is 4.07. The summed E-state index contributed by atoms with van der Waals surface area (Å²) in [6.07, 6.45) is 0.592. The molecule has 1 aliphatic rings. The molecule has 1 amide bonds. The zero-order valence-electron chi connectivity index (χ0n) is 7.58. The monoisotopic (exact) mass is 173 g/mol. The summed E-state index contributed by atoms with van der Waals surface area (Å²) in [4.78, 5) is 13.0. The van der Waals surface area contributed by atoms with E-state index in [0.717, 1.165) is 0 Å². The van der Waals surface area contributed by atoms with Crippen molar-refractivity contribution < 1.29 is 14.3 Å². The average Bonchev–Trinajstić information content (AvgIpc) is 2.43. The van der Waals surface area contributed by atoms with E-state index in [1.807, 2.05) is 0 Å². The van der Waals surface area contributed by atoms with Gasteiger partial charge < -0.3 is 14.4 Å². The van der Waals surface area contributed by atoms with Crippen molar-refractivity contribution in [2.75, 3.05) is 33.9 Å². The minimum Gasteiger partial charge on any atom is -0.383 e. The summed E-state index contributed by atoms with van der Waals surface area (Å²) in [5.41, 5.74) is 0. The normalized spacial score (nSPS) is 23.7.